The van der Waals surface area contributed by atoms with E-state index in [-0.39, 0.29) is 0 Å². The number of rotatable bonds is 0. The van der Waals surface area contributed by atoms with E-state index in [0.29, 0.717) is 0 Å². The van der Waals surface area contributed by atoms with Gasteiger partial charge in [-0.25, -0.2) is 17.6 Å². The largest absolute Gasteiger partial charge is 0.382 e. The molecule has 0 N–H and O–H groups in total. The maximum atomic E-state index is 15.3. The van der Waals surface area contributed by atoms with Gasteiger partial charge in [-0.15, -0.1) is 0 Å². The predicted molar refractivity (Wildman–Crippen MR) is 64.8 cm³/mol. The molecule has 24 heteroatoms. The van der Waals surface area contributed by atoms with Crippen molar-refractivity contribution in [2.75, 3.05) is 0 Å². The molecule has 0 aromatic rings. The fourth-order valence-corrected chi connectivity index (χ4v) is 4.69. The maximum Gasteiger partial charge on any atom is 0.382 e. The Kier molecular flexibility index (Phi) is 4.98. The van der Waals surface area contributed by atoms with Crippen molar-refractivity contribution in [1.82, 2.24) is 0 Å². The smallest absolute Gasteiger partial charge is 0.229 e. The molecule has 4 atom stereocenters. The van der Waals surface area contributed by atoms with E-state index in [4.69, 9.17) is 0 Å². The molecule has 38 heavy (non-hydrogen) atoms. The Labute approximate surface area is 188 Å². The molecule has 0 aromatic carbocycles. The molecular formula is C14F24. The Morgan fingerprint density at radius 3 is 0.395 bits per heavy atom. The van der Waals surface area contributed by atoms with Gasteiger partial charge in [-0.2, -0.15) is 87.8 Å². The summed E-state index contributed by atoms with van der Waals surface area (Å²) in [5.74, 6) is -91.1. The van der Waals surface area contributed by atoms with Crippen LogP contribution in [0.5, 0.6) is 0 Å². The van der Waals surface area contributed by atoms with Gasteiger partial charge in [0, 0.05) is 0 Å². The molecule has 0 saturated heterocycles. The Morgan fingerprint density at radius 2 is 0.237 bits per heavy atom. The van der Waals surface area contributed by atoms with Gasteiger partial charge in [0.15, 0.2) is 0 Å². The Bertz CT molecular complexity index is 982. The molecular weight excluding hydrogens is 624 g/mol. The lowest BCUT2D eigenvalue weighted by molar-refractivity contribution is -0.587. The van der Waals surface area contributed by atoms with E-state index < -0.39 is 81.9 Å². The highest BCUT2D eigenvalue weighted by atomic mass is 19.4. The first-order chi connectivity index (χ1) is 16.0. The van der Waals surface area contributed by atoms with Crippen LogP contribution in [0.3, 0.4) is 0 Å². The minimum Gasteiger partial charge on any atom is -0.229 e. The summed E-state index contributed by atoms with van der Waals surface area (Å²) in [7, 11) is 0. The standard InChI is InChI=1S/C14F24/c15-1-2(16)4(18,10(29,30)14(37,38)12(33,34)6(2,21)22)8(25,26)7(23,24)3(1,17)9(27,28)13(35,36)11(31,32)5(1,19)20/t1-,2+,3-,4-/m1/s1. The lowest BCUT2D eigenvalue weighted by atomic mass is 9.43. The summed E-state index contributed by atoms with van der Waals surface area (Å²) in [6.07, 6.45) is 0. The molecule has 224 valence electrons. The minimum absolute atomic E-state index is 8.76. The lowest BCUT2D eigenvalue weighted by Crippen LogP contribution is -3.06. The second-order valence-corrected chi connectivity index (χ2v) is 8.38. The van der Waals surface area contributed by atoms with Crippen LogP contribution in [-0.4, -0.2) is 81.9 Å². The van der Waals surface area contributed by atoms with E-state index in [0.717, 1.165) is 0 Å². The fraction of sp³-hybridized carbons (Fsp3) is 1.00. The van der Waals surface area contributed by atoms with Gasteiger partial charge >= 0.3 is 59.2 Å². The second-order valence-electron chi connectivity index (χ2n) is 8.38. The third kappa shape index (κ3) is 1.88. The lowest BCUT2D eigenvalue weighted by Gasteiger charge is -2.70. The SMILES string of the molecule is FC1(F)C(F)(F)C(F)(F)[C@@]2(F)[C@](F)(C1(F)F)C(F)(F)C(F)(F)[C@@]1(F)C(F)(F)C(F)(F)C(F)(F)C(F)(F)[C@]12F. The monoisotopic (exact) mass is 624 g/mol. The second kappa shape index (κ2) is 6.14. The summed E-state index contributed by atoms with van der Waals surface area (Å²) in [6, 6.07) is 0. The Hall–Kier alpha value is -1.68. The average Bonchev–Trinajstić information content (AvgIpc) is 2.72. The van der Waals surface area contributed by atoms with Crippen LogP contribution in [-0.2, 0) is 0 Å². The highest BCUT2D eigenvalue weighted by molar-refractivity contribution is 5.51. The van der Waals surface area contributed by atoms with Crippen molar-refractivity contribution in [3.8, 4) is 0 Å². The van der Waals surface area contributed by atoms with Crippen LogP contribution in [0, 0.1) is 0 Å². The van der Waals surface area contributed by atoms with Crippen molar-refractivity contribution in [3.05, 3.63) is 0 Å². The number of alkyl halides is 24. The van der Waals surface area contributed by atoms with E-state index in [1.54, 1.807) is 0 Å². The molecule has 0 nitrogen and oxygen atoms in total. The van der Waals surface area contributed by atoms with Crippen LogP contribution in [0.4, 0.5) is 105 Å². The summed E-state index contributed by atoms with van der Waals surface area (Å²) in [5.41, 5.74) is -38.6. The third-order valence-corrected chi connectivity index (χ3v) is 6.78. The molecule has 0 spiro atoms. The highest BCUT2D eigenvalue weighted by Crippen LogP contribution is 2.87. The minimum atomic E-state index is -9.77. The van der Waals surface area contributed by atoms with Gasteiger partial charge in [0.05, 0.1) is 0 Å². The van der Waals surface area contributed by atoms with Gasteiger partial charge in [0.2, 0.25) is 0 Å². The van der Waals surface area contributed by atoms with Crippen molar-refractivity contribution in [2.45, 2.75) is 81.9 Å². The molecule has 3 saturated carbocycles. The molecule has 3 fully saturated rings. The first-order valence-corrected chi connectivity index (χ1v) is 8.54. The summed E-state index contributed by atoms with van der Waals surface area (Å²) < 4.78 is 339. The van der Waals surface area contributed by atoms with Gasteiger partial charge in [-0.3, -0.25) is 0 Å². The molecule has 0 aromatic heterocycles. The first kappa shape index (κ1) is 30.9. The van der Waals surface area contributed by atoms with Crippen LogP contribution in [0.2, 0.25) is 0 Å². The van der Waals surface area contributed by atoms with Crippen molar-refractivity contribution < 1.29 is 105 Å². The van der Waals surface area contributed by atoms with Crippen LogP contribution in [0.25, 0.3) is 0 Å². The van der Waals surface area contributed by atoms with E-state index in [2.05, 4.69) is 0 Å². The maximum absolute atomic E-state index is 15.3. The topological polar surface area (TPSA) is 0 Å². The zero-order valence-corrected chi connectivity index (χ0v) is 16.1. The van der Waals surface area contributed by atoms with Crippen molar-refractivity contribution >= 4 is 0 Å². The highest BCUT2D eigenvalue weighted by Gasteiger charge is 3.21. The number of halogens is 24. The molecule has 3 aliphatic carbocycles. The van der Waals surface area contributed by atoms with Crippen molar-refractivity contribution in [3.63, 3.8) is 0 Å². The van der Waals surface area contributed by atoms with Gasteiger partial charge in [-0.1, -0.05) is 0 Å². The average molecular weight is 624 g/mol. The van der Waals surface area contributed by atoms with Crippen LogP contribution in [0.15, 0.2) is 0 Å². The predicted octanol–water partition coefficient (Wildman–Crippen LogP) is 7.21. The molecule has 0 bridgehead atoms. The molecule has 0 amide bonds. The number of fused-ring (bicyclic) bond motifs is 3. The van der Waals surface area contributed by atoms with E-state index in [1.165, 1.54) is 0 Å². The van der Waals surface area contributed by atoms with Crippen molar-refractivity contribution in [1.29, 1.82) is 0 Å². The molecule has 0 radical (unpaired) electrons. The summed E-state index contributed by atoms with van der Waals surface area (Å²) in [6.45, 7) is 0. The molecule has 3 aliphatic rings. The quantitative estimate of drug-likeness (QED) is 0.250. The van der Waals surface area contributed by atoms with Crippen LogP contribution >= 0.6 is 0 Å². The Morgan fingerprint density at radius 1 is 0.132 bits per heavy atom. The van der Waals surface area contributed by atoms with Gasteiger partial charge in [0.1, 0.15) is 0 Å². The summed E-state index contributed by atoms with van der Waals surface area (Å²) in [4.78, 5) is 0. The van der Waals surface area contributed by atoms with Crippen LogP contribution < -0.4 is 0 Å². The van der Waals surface area contributed by atoms with Gasteiger partial charge in [0.25, 0.3) is 22.7 Å². The molecule has 0 aliphatic heterocycles. The fourth-order valence-electron chi connectivity index (χ4n) is 4.69. The van der Waals surface area contributed by atoms with Gasteiger partial charge < -0.3 is 0 Å². The van der Waals surface area contributed by atoms with E-state index >= 15 is 8.78 Å². The summed E-state index contributed by atoms with van der Waals surface area (Å²) >= 11 is 0. The summed E-state index contributed by atoms with van der Waals surface area (Å²) in [5, 5.41) is 0. The number of hydrogen-bond donors (Lipinski definition) is 0. The first-order valence-electron chi connectivity index (χ1n) is 8.54. The van der Waals surface area contributed by atoms with Gasteiger partial charge in [-0.05, 0) is 0 Å². The zero-order valence-electron chi connectivity index (χ0n) is 16.1. The number of hydrogen-bond acceptors (Lipinski definition) is 0. The third-order valence-electron chi connectivity index (χ3n) is 6.78. The van der Waals surface area contributed by atoms with Crippen LogP contribution in [0.1, 0.15) is 0 Å². The zero-order chi connectivity index (χ0) is 31.0. The van der Waals surface area contributed by atoms with E-state index in [9.17, 15) is 96.6 Å². The molecule has 0 unspecified atom stereocenters. The molecule has 0 heterocycles. The Balaban J connectivity index is 2.86. The van der Waals surface area contributed by atoms with E-state index in [1.807, 2.05) is 0 Å². The normalized spacial score (nSPS) is 47.4. The molecule has 3 rings (SSSR count). The van der Waals surface area contributed by atoms with Crippen molar-refractivity contribution in [2.24, 2.45) is 0 Å².